The van der Waals surface area contributed by atoms with Crippen molar-refractivity contribution in [1.82, 2.24) is 0 Å². The monoisotopic (exact) mass is 247 g/mol. The molecule has 0 amide bonds. The first-order valence-electron chi connectivity index (χ1n) is 8.81. The van der Waals surface area contributed by atoms with Gasteiger partial charge in [0.05, 0.1) is 0 Å². The Balaban J connectivity index is 1.68. The molecule has 3 aliphatic rings. The summed E-state index contributed by atoms with van der Waals surface area (Å²) in [6, 6.07) is 0. The van der Waals surface area contributed by atoms with Gasteiger partial charge in [-0.25, -0.2) is 0 Å². The molecule has 0 bridgehead atoms. The van der Waals surface area contributed by atoms with E-state index < -0.39 is 0 Å². The van der Waals surface area contributed by atoms with Crippen LogP contribution in [0.3, 0.4) is 0 Å². The lowest BCUT2D eigenvalue weighted by Gasteiger charge is -2.37. The second-order valence-corrected chi connectivity index (χ2v) is 7.16. The number of rotatable bonds is 2. The third-order valence-corrected chi connectivity index (χ3v) is 6.06. The molecule has 0 N–H and O–H groups in total. The molecule has 0 spiro atoms. The van der Waals surface area contributed by atoms with Crippen LogP contribution in [0, 0.1) is 23.7 Å². The zero-order valence-corrected chi connectivity index (χ0v) is 12.1. The molecule has 1 atom stereocenters. The predicted octanol–water partition coefficient (Wildman–Crippen LogP) is 5.91. The SMILES string of the molecule is C1CCC([C]2CCCCCC2C2CCCC2)CC1. The molecule has 103 valence electrons. The highest BCUT2D eigenvalue weighted by molar-refractivity contribution is 5.06. The van der Waals surface area contributed by atoms with E-state index in [9.17, 15) is 0 Å². The molecule has 0 saturated heterocycles. The third-order valence-electron chi connectivity index (χ3n) is 6.06. The van der Waals surface area contributed by atoms with E-state index in [1.165, 1.54) is 57.8 Å². The normalized spacial score (nSPS) is 33.7. The van der Waals surface area contributed by atoms with Gasteiger partial charge in [-0.3, -0.25) is 0 Å². The second-order valence-electron chi connectivity index (χ2n) is 7.16. The maximum atomic E-state index is 2.07. The zero-order chi connectivity index (χ0) is 12.2. The topological polar surface area (TPSA) is 0 Å². The fourth-order valence-corrected chi connectivity index (χ4v) is 5.12. The van der Waals surface area contributed by atoms with Crippen LogP contribution in [0.5, 0.6) is 0 Å². The molecule has 3 rings (SSSR count). The van der Waals surface area contributed by atoms with Crippen LogP contribution in [0.25, 0.3) is 0 Å². The van der Waals surface area contributed by atoms with Crippen molar-refractivity contribution in [2.45, 2.75) is 89.9 Å². The first-order valence-corrected chi connectivity index (χ1v) is 8.81. The van der Waals surface area contributed by atoms with Gasteiger partial charge < -0.3 is 0 Å². The van der Waals surface area contributed by atoms with E-state index in [0.29, 0.717) is 0 Å². The van der Waals surface area contributed by atoms with Gasteiger partial charge in [0.2, 0.25) is 0 Å². The molecular weight excluding hydrogens is 216 g/mol. The van der Waals surface area contributed by atoms with Crippen LogP contribution in [0.2, 0.25) is 0 Å². The minimum absolute atomic E-state index is 1.04. The van der Waals surface area contributed by atoms with E-state index >= 15 is 0 Å². The van der Waals surface area contributed by atoms with Crippen LogP contribution < -0.4 is 0 Å². The fourth-order valence-electron chi connectivity index (χ4n) is 5.12. The molecule has 1 unspecified atom stereocenters. The lowest BCUT2D eigenvalue weighted by molar-refractivity contribution is 0.248. The average molecular weight is 247 g/mol. The number of hydrogen-bond acceptors (Lipinski definition) is 0. The fraction of sp³-hybridized carbons (Fsp3) is 0.944. The van der Waals surface area contributed by atoms with E-state index in [2.05, 4.69) is 5.92 Å². The van der Waals surface area contributed by atoms with Crippen LogP contribution in [0.1, 0.15) is 89.9 Å². The Labute approximate surface area is 114 Å². The summed E-state index contributed by atoms with van der Waals surface area (Å²) in [5, 5.41) is 0. The van der Waals surface area contributed by atoms with Gasteiger partial charge in [-0.05, 0) is 49.4 Å². The summed E-state index contributed by atoms with van der Waals surface area (Å²) in [6.07, 6.45) is 21.4. The smallest absolute Gasteiger partial charge is 0.0176 e. The predicted molar refractivity (Wildman–Crippen MR) is 78.4 cm³/mol. The molecule has 3 saturated carbocycles. The Morgan fingerprint density at radius 3 is 1.94 bits per heavy atom. The highest BCUT2D eigenvalue weighted by atomic mass is 14.4. The lowest BCUT2D eigenvalue weighted by Crippen LogP contribution is -2.27. The summed E-state index contributed by atoms with van der Waals surface area (Å²) in [4.78, 5) is 0. The Kier molecular flexibility index (Phi) is 4.65. The van der Waals surface area contributed by atoms with Gasteiger partial charge in [-0.1, -0.05) is 64.2 Å². The molecule has 0 heteroatoms. The van der Waals surface area contributed by atoms with Crippen molar-refractivity contribution in [3.8, 4) is 0 Å². The van der Waals surface area contributed by atoms with Crippen LogP contribution in [-0.4, -0.2) is 0 Å². The summed E-state index contributed by atoms with van der Waals surface area (Å²) in [5.74, 6) is 5.26. The van der Waals surface area contributed by atoms with Crippen molar-refractivity contribution in [2.24, 2.45) is 17.8 Å². The van der Waals surface area contributed by atoms with Crippen molar-refractivity contribution >= 4 is 0 Å². The van der Waals surface area contributed by atoms with Crippen LogP contribution in [0.15, 0.2) is 0 Å². The van der Waals surface area contributed by atoms with E-state index in [1.54, 1.807) is 32.1 Å². The summed E-state index contributed by atoms with van der Waals surface area (Å²) >= 11 is 0. The summed E-state index contributed by atoms with van der Waals surface area (Å²) in [7, 11) is 0. The van der Waals surface area contributed by atoms with Crippen molar-refractivity contribution in [3.05, 3.63) is 5.92 Å². The van der Waals surface area contributed by atoms with Gasteiger partial charge in [0.25, 0.3) is 0 Å². The largest absolute Gasteiger partial charge is 0.0533 e. The van der Waals surface area contributed by atoms with Gasteiger partial charge >= 0.3 is 0 Å². The van der Waals surface area contributed by atoms with Gasteiger partial charge in [0.1, 0.15) is 0 Å². The van der Waals surface area contributed by atoms with E-state index in [4.69, 9.17) is 0 Å². The Hall–Kier alpha value is 0. The van der Waals surface area contributed by atoms with Crippen LogP contribution in [-0.2, 0) is 0 Å². The molecule has 1 radical (unpaired) electrons. The van der Waals surface area contributed by atoms with Gasteiger partial charge in [-0.2, -0.15) is 0 Å². The molecule has 3 aliphatic carbocycles. The van der Waals surface area contributed by atoms with E-state index in [-0.39, 0.29) is 0 Å². The average Bonchev–Trinajstić information content (AvgIpc) is 2.84. The lowest BCUT2D eigenvalue weighted by atomic mass is 9.68. The first kappa shape index (κ1) is 13.0. The van der Waals surface area contributed by atoms with Crippen LogP contribution >= 0.6 is 0 Å². The first-order chi connectivity index (χ1) is 8.95. The minimum atomic E-state index is 1.04. The van der Waals surface area contributed by atoms with Crippen molar-refractivity contribution in [2.75, 3.05) is 0 Å². The maximum absolute atomic E-state index is 2.07. The Morgan fingerprint density at radius 1 is 0.556 bits per heavy atom. The quantitative estimate of drug-likeness (QED) is 0.532. The van der Waals surface area contributed by atoms with Crippen LogP contribution in [0.4, 0.5) is 0 Å². The summed E-state index contributed by atoms with van der Waals surface area (Å²) in [6.45, 7) is 0. The number of hydrogen-bond donors (Lipinski definition) is 0. The van der Waals surface area contributed by atoms with Gasteiger partial charge in [-0.15, -0.1) is 0 Å². The highest BCUT2D eigenvalue weighted by Gasteiger charge is 2.36. The summed E-state index contributed by atoms with van der Waals surface area (Å²) in [5.41, 5.74) is 0. The highest BCUT2D eigenvalue weighted by Crippen LogP contribution is 2.48. The molecule has 0 aliphatic heterocycles. The summed E-state index contributed by atoms with van der Waals surface area (Å²) < 4.78 is 0. The third kappa shape index (κ3) is 2.94. The Morgan fingerprint density at radius 2 is 1.17 bits per heavy atom. The second kappa shape index (κ2) is 6.44. The Bertz CT molecular complexity index is 232. The molecule has 0 aromatic carbocycles. The maximum Gasteiger partial charge on any atom is -0.0176 e. The van der Waals surface area contributed by atoms with E-state index in [0.717, 1.165) is 17.8 Å². The molecular formula is C18H31. The van der Waals surface area contributed by atoms with Gasteiger partial charge in [0.15, 0.2) is 0 Å². The molecule has 0 aromatic rings. The van der Waals surface area contributed by atoms with Gasteiger partial charge in [0, 0.05) is 0 Å². The molecule has 0 nitrogen and oxygen atoms in total. The standard InChI is InChI=1S/C18H31/c1-3-9-15(10-4-1)17-13-5-2-6-14-18(17)16-11-7-8-12-16/h15-16,18H,1-14H2. The molecule has 3 fully saturated rings. The van der Waals surface area contributed by atoms with E-state index in [1.807, 2.05) is 0 Å². The van der Waals surface area contributed by atoms with Crippen molar-refractivity contribution in [1.29, 1.82) is 0 Å². The minimum Gasteiger partial charge on any atom is -0.0533 e. The zero-order valence-electron chi connectivity index (χ0n) is 12.1. The molecule has 0 heterocycles. The molecule has 18 heavy (non-hydrogen) atoms. The molecule has 0 aromatic heterocycles. The van der Waals surface area contributed by atoms with Crippen molar-refractivity contribution < 1.29 is 0 Å². The van der Waals surface area contributed by atoms with Crippen molar-refractivity contribution in [3.63, 3.8) is 0 Å².